The van der Waals surface area contributed by atoms with Crippen LogP contribution in [0.1, 0.15) is 43.9 Å². The summed E-state index contributed by atoms with van der Waals surface area (Å²) in [5, 5.41) is 6.76. The van der Waals surface area contributed by atoms with E-state index in [0.29, 0.717) is 18.5 Å². The van der Waals surface area contributed by atoms with Crippen molar-refractivity contribution in [2.24, 2.45) is 17.3 Å². The predicted molar refractivity (Wildman–Crippen MR) is 147 cm³/mol. The number of hydrogen-bond donors (Lipinski definition) is 1. The van der Waals surface area contributed by atoms with Gasteiger partial charge in [0.05, 0.1) is 35.0 Å². The van der Waals surface area contributed by atoms with Gasteiger partial charge in [-0.15, -0.1) is 0 Å². The lowest BCUT2D eigenvalue weighted by Gasteiger charge is -2.28. The first-order valence-electron chi connectivity index (χ1n) is 13.8. The fourth-order valence-electron chi connectivity index (χ4n) is 7.54. The Labute approximate surface area is 248 Å². The molecule has 2 aliphatic carbocycles. The third kappa shape index (κ3) is 4.04. The van der Waals surface area contributed by atoms with E-state index in [1.807, 2.05) is 0 Å². The van der Waals surface area contributed by atoms with Crippen LogP contribution in [0, 0.1) is 17.3 Å². The predicted octanol–water partition coefficient (Wildman–Crippen LogP) is 5.03. The Balaban J connectivity index is 1.13. The Hall–Kier alpha value is -3.00. The summed E-state index contributed by atoms with van der Waals surface area (Å²) in [4.78, 5) is 18.8. The third-order valence-electron chi connectivity index (χ3n) is 10.0. The van der Waals surface area contributed by atoms with E-state index in [0.717, 1.165) is 11.4 Å². The molecule has 3 fully saturated rings. The van der Waals surface area contributed by atoms with Gasteiger partial charge in [0.2, 0.25) is 5.91 Å². The zero-order valence-corrected chi connectivity index (χ0v) is 24.6. The number of rotatable bonds is 4. The lowest BCUT2D eigenvalue weighted by atomic mass is 9.87. The number of nitrogens with one attached hydrogen (secondary N) is 1. The van der Waals surface area contributed by atoms with Gasteiger partial charge in [-0.3, -0.25) is 4.79 Å². The second-order valence-electron chi connectivity index (χ2n) is 12.7. The molecule has 43 heavy (non-hydrogen) atoms. The van der Waals surface area contributed by atoms with E-state index in [1.54, 1.807) is 0 Å². The molecule has 15 heteroatoms. The summed E-state index contributed by atoms with van der Waals surface area (Å²) >= 11 is 5.97. The molecule has 1 aromatic carbocycles. The first kappa shape index (κ1) is 28.8. The Bertz CT molecular complexity index is 1760. The molecular formula is C28H27ClF5N5O3S. The number of alkyl halides is 5. The van der Waals surface area contributed by atoms with Gasteiger partial charge in [-0.25, -0.2) is 26.7 Å². The number of nitrogens with zero attached hydrogens (tertiary/aromatic N) is 4. The molecule has 8 nitrogen and oxygen atoms in total. The fourth-order valence-corrected chi connectivity index (χ4v) is 9.97. The van der Waals surface area contributed by atoms with E-state index in [-0.39, 0.29) is 57.1 Å². The van der Waals surface area contributed by atoms with Gasteiger partial charge in [0.25, 0.3) is 5.92 Å². The SMILES string of the molecule is C[C@@]1(C(F)(F)F)CN(c2ccc([C@H]3C(F)(F)[C@]3(C)C(=O)NC3CC4CS(=O)(=O)CC4C3)cc2)c2cnc3cc(Cl)nn3c21. The molecule has 0 radical (unpaired) electrons. The maximum atomic E-state index is 15.3. The Morgan fingerprint density at radius 2 is 1.72 bits per heavy atom. The van der Waals surface area contributed by atoms with Crippen LogP contribution in [-0.2, 0) is 20.0 Å². The molecule has 0 spiro atoms. The van der Waals surface area contributed by atoms with Crippen molar-refractivity contribution in [1.29, 1.82) is 0 Å². The van der Waals surface area contributed by atoms with Crippen molar-refractivity contribution >= 4 is 44.4 Å². The molecule has 1 N–H and O–H groups in total. The van der Waals surface area contributed by atoms with E-state index in [4.69, 9.17) is 11.6 Å². The first-order valence-corrected chi connectivity index (χ1v) is 16.0. The number of anilines is 2. The lowest BCUT2D eigenvalue weighted by molar-refractivity contribution is -0.181. The van der Waals surface area contributed by atoms with Gasteiger partial charge in [-0.1, -0.05) is 23.7 Å². The molecule has 1 amide bonds. The van der Waals surface area contributed by atoms with E-state index in [1.165, 1.54) is 48.4 Å². The van der Waals surface area contributed by atoms with Crippen LogP contribution >= 0.6 is 11.6 Å². The zero-order valence-electron chi connectivity index (χ0n) is 23.0. The quantitative estimate of drug-likeness (QED) is 0.401. The second-order valence-corrected chi connectivity index (χ2v) is 15.3. The largest absolute Gasteiger partial charge is 0.401 e. The molecule has 3 aromatic rings. The highest BCUT2D eigenvalue weighted by Gasteiger charge is 2.82. The van der Waals surface area contributed by atoms with E-state index >= 15 is 8.78 Å². The molecule has 2 aromatic heterocycles. The van der Waals surface area contributed by atoms with Crippen LogP contribution in [0.15, 0.2) is 36.5 Å². The smallest absolute Gasteiger partial charge is 0.353 e. The van der Waals surface area contributed by atoms with Crippen LogP contribution in [0.3, 0.4) is 0 Å². The van der Waals surface area contributed by atoms with Crippen molar-refractivity contribution in [1.82, 2.24) is 19.9 Å². The molecular weight excluding hydrogens is 617 g/mol. The number of halogens is 6. The molecule has 5 atom stereocenters. The van der Waals surface area contributed by atoms with Gasteiger partial charge in [0.15, 0.2) is 20.6 Å². The van der Waals surface area contributed by atoms with Gasteiger partial charge >= 0.3 is 6.18 Å². The minimum atomic E-state index is -4.65. The highest BCUT2D eigenvalue weighted by molar-refractivity contribution is 7.91. The number of benzene rings is 1. The van der Waals surface area contributed by atoms with E-state index in [9.17, 15) is 26.4 Å². The number of aromatic nitrogens is 3. The van der Waals surface area contributed by atoms with Gasteiger partial charge in [-0.05, 0) is 56.2 Å². The van der Waals surface area contributed by atoms with E-state index in [2.05, 4.69) is 15.4 Å². The molecule has 2 aliphatic heterocycles. The minimum absolute atomic E-state index is 0.00518. The minimum Gasteiger partial charge on any atom is -0.353 e. The Morgan fingerprint density at radius 1 is 1.09 bits per heavy atom. The molecule has 0 bridgehead atoms. The molecule has 2 saturated carbocycles. The maximum absolute atomic E-state index is 15.3. The average molecular weight is 644 g/mol. The van der Waals surface area contributed by atoms with Gasteiger partial charge in [0, 0.05) is 24.3 Å². The highest BCUT2D eigenvalue weighted by Crippen LogP contribution is 2.71. The summed E-state index contributed by atoms with van der Waals surface area (Å²) in [5.74, 6) is -5.58. The number of carbonyl (C=O) groups is 1. The maximum Gasteiger partial charge on any atom is 0.401 e. The van der Waals surface area contributed by atoms with Gasteiger partial charge < -0.3 is 10.2 Å². The van der Waals surface area contributed by atoms with Crippen molar-refractivity contribution in [2.45, 2.75) is 56.2 Å². The number of sulfone groups is 1. The summed E-state index contributed by atoms with van der Waals surface area (Å²) in [7, 11) is -3.09. The molecule has 2 unspecified atom stereocenters. The standard InChI is InChI=1S/C28H27ClF5N5O3S/c1-25(28(32,33)34)13-38(19-10-35-21-9-20(29)37-39(21)23(19)25)18-5-3-14(4-6-18)22-26(2,27(22,30)31)24(40)36-17-7-15-11-43(41,42)12-16(15)8-17/h3-6,9-10,15-17,22H,7-8,11-13H2,1-2H3,(H,36,40)/t15?,16?,17?,22-,25-,26+/m1/s1. The topological polar surface area (TPSA) is 96.7 Å². The summed E-state index contributed by atoms with van der Waals surface area (Å²) in [6.45, 7) is 1.78. The normalized spacial score (nSPS) is 33.9. The lowest BCUT2D eigenvalue weighted by Crippen LogP contribution is -2.43. The summed E-state index contributed by atoms with van der Waals surface area (Å²) in [6.07, 6.45) is -2.45. The average Bonchev–Trinajstić information content (AvgIpc) is 3.42. The van der Waals surface area contributed by atoms with Crippen LogP contribution in [0.5, 0.6) is 0 Å². The van der Waals surface area contributed by atoms with Crippen LogP contribution in [0.25, 0.3) is 5.65 Å². The van der Waals surface area contributed by atoms with Crippen LogP contribution in [0.4, 0.5) is 33.3 Å². The zero-order chi connectivity index (χ0) is 30.9. The fraction of sp³-hybridized carbons (Fsp3) is 0.536. The van der Waals surface area contributed by atoms with E-state index < -0.39 is 51.1 Å². The van der Waals surface area contributed by atoms with Crippen LogP contribution < -0.4 is 10.2 Å². The summed E-state index contributed by atoms with van der Waals surface area (Å²) < 4.78 is 98.7. The molecule has 4 heterocycles. The summed E-state index contributed by atoms with van der Waals surface area (Å²) in [5.41, 5.74) is -3.63. The van der Waals surface area contributed by atoms with Crippen molar-refractivity contribution in [3.63, 3.8) is 0 Å². The second kappa shape index (κ2) is 8.80. The van der Waals surface area contributed by atoms with Crippen molar-refractivity contribution in [3.8, 4) is 0 Å². The first-order chi connectivity index (χ1) is 20.0. The highest BCUT2D eigenvalue weighted by atomic mass is 35.5. The monoisotopic (exact) mass is 643 g/mol. The van der Waals surface area contributed by atoms with Crippen LogP contribution in [0.2, 0.25) is 5.15 Å². The molecule has 7 rings (SSSR count). The Morgan fingerprint density at radius 3 is 2.33 bits per heavy atom. The number of fused-ring (bicyclic) bond motifs is 4. The van der Waals surface area contributed by atoms with Crippen LogP contribution in [-0.4, -0.2) is 65.1 Å². The van der Waals surface area contributed by atoms with Crippen molar-refractivity contribution in [2.75, 3.05) is 23.0 Å². The molecule has 4 aliphatic rings. The van der Waals surface area contributed by atoms with Gasteiger partial charge in [0.1, 0.15) is 10.8 Å². The Kier molecular flexibility index (Phi) is 5.88. The number of amides is 1. The number of carbonyl (C=O) groups excluding carboxylic acids is 1. The van der Waals surface area contributed by atoms with Gasteiger partial charge in [-0.2, -0.15) is 18.3 Å². The summed E-state index contributed by atoms with van der Waals surface area (Å²) in [6, 6.07) is 6.76. The number of hydrogen-bond acceptors (Lipinski definition) is 6. The van der Waals surface area contributed by atoms with Crippen molar-refractivity contribution in [3.05, 3.63) is 52.9 Å². The molecule has 1 saturated heterocycles. The van der Waals surface area contributed by atoms with Crippen molar-refractivity contribution < 1.29 is 35.2 Å². The molecule has 230 valence electrons. The third-order valence-corrected chi connectivity index (χ3v) is 12.1.